The van der Waals surface area contributed by atoms with Crippen molar-refractivity contribution in [3.05, 3.63) is 219 Å². The number of pyridine rings is 1. The minimum Gasteiger partial charge on any atom is -0.315 e. The van der Waals surface area contributed by atoms with Crippen molar-refractivity contribution >= 4 is 44.3 Å². The Bertz CT molecular complexity index is 2790. The Morgan fingerprint density at radius 2 is 0.741 bits per heavy atom. The first-order chi connectivity index (χ1) is 26.8. The van der Waals surface area contributed by atoms with Crippen molar-refractivity contribution in [2.45, 2.75) is 0 Å². The predicted molar refractivity (Wildman–Crippen MR) is 229 cm³/mol. The van der Waals surface area contributed by atoms with Crippen LogP contribution in [-0.2, 0) is 0 Å². The number of fused-ring (bicyclic) bond motifs is 5. The van der Waals surface area contributed by atoms with E-state index in [-0.39, 0.29) is 0 Å². The van der Waals surface area contributed by atoms with E-state index in [1.807, 2.05) is 0 Å². The molecule has 2 heteroatoms. The standard InChI is InChI=1S/C52H36N2/c1-4-12-37(13-5-1)39-22-28-45(29-23-39)54(46-30-24-40(25-31-46)38-14-6-2-7-15-38)47-32-26-41(27-33-47)44-21-20-42-34-35-53-50-19-11-10-18-48(50)51(52(53)49(42)36-44)43-16-8-3-9-17-43/h1-36H. The molecule has 2 aromatic heterocycles. The number of hydrogen-bond acceptors (Lipinski definition) is 1. The molecule has 0 fully saturated rings. The highest BCUT2D eigenvalue weighted by Gasteiger charge is 2.17. The van der Waals surface area contributed by atoms with Gasteiger partial charge in [-0.25, -0.2) is 0 Å². The van der Waals surface area contributed by atoms with Gasteiger partial charge in [-0.3, -0.25) is 0 Å². The summed E-state index contributed by atoms with van der Waals surface area (Å²) in [5, 5.41) is 3.74. The van der Waals surface area contributed by atoms with Gasteiger partial charge in [-0.1, -0.05) is 158 Å². The molecule has 8 aromatic carbocycles. The second-order valence-corrected chi connectivity index (χ2v) is 13.8. The molecule has 10 aromatic rings. The van der Waals surface area contributed by atoms with Crippen molar-refractivity contribution in [2.24, 2.45) is 0 Å². The lowest BCUT2D eigenvalue weighted by molar-refractivity contribution is 1.27. The zero-order valence-electron chi connectivity index (χ0n) is 29.7. The van der Waals surface area contributed by atoms with Gasteiger partial charge in [-0.2, -0.15) is 0 Å². The minimum absolute atomic E-state index is 1.10. The van der Waals surface area contributed by atoms with Crippen molar-refractivity contribution in [3.63, 3.8) is 0 Å². The topological polar surface area (TPSA) is 7.65 Å². The molecule has 0 saturated heterocycles. The summed E-state index contributed by atoms with van der Waals surface area (Å²) in [5.74, 6) is 0. The average molecular weight is 689 g/mol. The highest BCUT2D eigenvalue weighted by Crippen LogP contribution is 2.41. The number of benzene rings is 8. The lowest BCUT2D eigenvalue weighted by Gasteiger charge is -2.26. The van der Waals surface area contributed by atoms with Gasteiger partial charge in [0.1, 0.15) is 0 Å². The molecule has 2 nitrogen and oxygen atoms in total. The first-order valence-electron chi connectivity index (χ1n) is 18.5. The molecule has 0 unspecified atom stereocenters. The Labute approximate surface area is 315 Å². The van der Waals surface area contributed by atoms with Crippen LogP contribution in [0.1, 0.15) is 0 Å². The lowest BCUT2D eigenvalue weighted by Crippen LogP contribution is -2.09. The van der Waals surface area contributed by atoms with Gasteiger partial charge in [-0.15, -0.1) is 0 Å². The molecular formula is C52H36N2. The number of rotatable bonds is 7. The molecular weight excluding hydrogens is 653 g/mol. The van der Waals surface area contributed by atoms with Crippen LogP contribution in [-0.4, -0.2) is 4.40 Å². The first-order valence-corrected chi connectivity index (χ1v) is 18.5. The fourth-order valence-corrected chi connectivity index (χ4v) is 7.94. The van der Waals surface area contributed by atoms with Crippen LogP contribution in [0.15, 0.2) is 219 Å². The molecule has 0 aliphatic carbocycles. The first kappa shape index (κ1) is 31.6. The Hall–Kier alpha value is -7.16. The minimum atomic E-state index is 1.10. The molecule has 0 aliphatic heterocycles. The summed E-state index contributed by atoms with van der Waals surface area (Å²) < 4.78 is 2.36. The third-order valence-corrected chi connectivity index (χ3v) is 10.6. The molecule has 254 valence electrons. The second kappa shape index (κ2) is 13.4. The molecule has 0 atom stereocenters. The second-order valence-electron chi connectivity index (χ2n) is 13.8. The highest BCUT2D eigenvalue weighted by molar-refractivity contribution is 6.15. The van der Waals surface area contributed by atoms with E-state index >= 15 is 0 Å². The highest BCUT2D eigenvalue weighted by atomic mass is 15.1. The monoisotopic (exact) mass is 688 g/mol. The van der Waals surface area contributed by atoms with Crippen molar-refractivity contribution < 1.29 is 0 Å². The quantitative estimate of drug-likeness (QED) is 0.162. The van der Waals surface area contributed by atoms with Crippen LogP contribution in [0, 0.1) is 0 Å². The Balaban J connectivity index is 1.07. The third kappa shape index (κ3) is 5.62. The molecule has 2 heterocycles. The molecule has 0 amide bonds. The van der Waals surface area contributed by atoms with Crippen molar-refractivity contribution in [3.8, 4) is 44.5 Å². The van der Waals surface area contributed by atoms with E-state index in [1.165, 1.54) is 71.7 Å². The maximum atomic E-state index is 2.37. The summed E-state index contributed by atoms with van der Waals surface area (Å²) in [7, 11) is 0. The number of para-hydroxylation sites is 1. The van der Waals surface area contributed by atoms with Crippen LogP contribution in [0.25, 0.3) is 71.7 Å². The van der Waals surface area contributed by atoms with Crippen LogP contribution < -0.4 is 4.90 Å². The molecule has 0 aliphatic rings. The van der Waals surface area contributed by atoms with Crippen molar-refractivity contribution in [2.75, 3.05) is 4.90 Å². The zero-order valence-corrected chi connectivity index (χ0v) is 29.7. The van der Waals surface area contributed by atoms with Crippen LogP contribution >= 0.6 is 0 Å². The SMILES string of the molecule is c1ccc(-c2ccc(N(c3ccc(-c4ccccc4)cc3)c3ccc(-c4ccc5ccn6c7ccccc7c(-c7ccccc7)c6c5c4)cc3)cc2)cc1. The maximum Gasteiger partial charge on any atom is 0.0619 e. The van der Waals surface area contributed by atoms with E-state index in [4.69, 9.17) is 0 Å². The number of aromatic nitrogens is 1. The molecule has 0 saturated carbocycles. The Kier molecular flexibility index (Phi) is 7.85. The fourth-order valence-electron chi connectivity index (χ4n) is 7.94. The van der Waals surface area contributed by atoms with Gasteiger partial charge < -0.3 is 9.30 Å². The maximum absolute atomic E-state index is 2.37. The van der Waals surface area contributed by atoms with Crippen molar-refractivity contribution in [1.82, 2.24) is 4.40 Å². The van der Waals surface area contributed by atoms with Crippen LogP contribution in [0.4, 0.5) is 17.1 Å². The van der Waals surface area contributed by atoms with Crippen LogP contribution in [0.2, 0.25) is 0 Å². The van der Waals surface area contributed by atoms with Crippen molar-refractivity contribution in [1.29, 1.82) is 0 Å². The van der Waals surface area contributed by atoms with Gasteiger partial charge in [0.15, 0.2) is 0 Å². The van der Waals surface area contributed by atoms with E-state index in [9.17, 15) is 0 Å². The van der Waals surface area contributed by atoms with Crippen LogP contribution in [0.5, 0.6) is 0 Å². The van der Waals surface area contributed by atoms with E-state index in [2.05, 4.69) is 228 Å². The van der Waals surface area contributed by atoms with Gasteiger partial charge in [0.05, 0.1) is 11.0 Å². The largest absolute Gasteiger partial charge is 0.315 e. The normalized spacial score (nSPS) is 11.3. The van der Waals surface area contributed by atoms with Gasteiger partial charge in [0.25, 0.3) is 0 Å². The molecule has 0 spiro atoms. The molecule has 54 heavy (non-hydrogen) atoms. The summed E-state index contributed by atoms with van der Waals surface area (Å²) in [6.07, 6.45) is 2.22. The molecule has 10 rings (SSSR count). The molecule has 0 bridgehead atoms. The Morgan fingerprint density at radius 3 is 1.28 bits per heavy atom. The van der Waals surface area contributed by atoms with E-state index in [1.54, 1.807) is 0 Å². The van der Waals surface area contributed by atoms with E-state index < -0.39 is 0 Å². The number of nitrogens with zero attached hydrogens (tertiary/aromatic N) is 2. The smallest absolute Gasteiger partial charge is 0.0619 e. The number of anilines is 3. The molecule has 0 radical (unpaired) electrons. The summed E-state index contributed by atoms with van der Waals surface area (Å²) >= 11 is 0. The predicted octanol–water partition coefficient (Wildman–Crippen LogP) is 14.4. The number of hydrogen-bond donors (Lipinski definition) is 0. The summed E-state index contributed by atoms with van der Waals surface area (Å²) in [5.41, 5.74) is 15.5. The van der Waals surface area contributed by atoms with Gasteiger partial charge in [-0.05, 0) is 98.9 Å². The summed E-state index contributed by atoms with van der Waals surface area (Å²) in [4.78, 5) is 2.34. The molecule has 0 N–H and O–H groups in total. The zero-order chi connectivity index (χ0) is 35.8. The van der Waals surface area contributed by atoms with Crippen LogP contribution in [0.3, 0.4) is 0 Å². The Morgan fingerprint density at radius 1 is 0.315 bits per heavy atom. The van der Waals surface area contributed by atoms with Gasteiger partial charge >= 0.3 is 0 Å². The average Bonchev–Trinajstić information content (AvgIpc) is 3.60. The third-order valence-electron chi connectivity index (χ3n) is 10.6. The van der Waals surface area contributed by atoms with Gasteiger partial charge in [0.2, 0.25) is 0 Å². The van der Waals surface area contributed by atoms with Gasteiger partial charge in [0, 0.05) is 39.6 Å². The summed E-state index contributed by atoms with van der Waals surface area (Å²) in [6, 6.07) is 76.5. The van der Waals surface area contributed by atoms with E-state index in [0.29, 0.717) is 0 Å². The summed E-state index contributed by atoms with van der Waals surface area (Å²) in [6.45, 7) is 0. The van der Waals surface area contributed by atoms with E-state index in [0.717, 1.165) is 17.1 Å². The lowest BCUT2D eigenvalue weighted by atomic mass is 9.97. The fraction of sp³-hybridized carbons (Fsp3) is 0.